The molecule has 0 radical (unpaired) electrons. The number of hydrogen-bond donors (Lipinski definition) is 1. The van der Waals surface area contributed by atoms with E-state index >= 15 is 0 Å². The van der Waals surface area contributed by atoms with Gasteiger partial charge >= 0.3 is 0 Å². The zero-order valence-electron chi connectivity index (χ0n) is 6.03. The minimum absolute atomic E-state index is 0.623. The Balaban J connectivity index is 3.12. The minimum atomic E-state index is 0.623. The Morgan fingerprint density at radius 2 is 2.45 bits per heavy atom. The molecule has 0 fully saturated rings. The molecule has 11 heavy (non-hydrogen) atoms. The number of hydrogen-bond acceptors (Lipinski definition) is 2. The molecule has 0 amide bonds. The predicted octanol–water partition coefficient (Wildman–Crippen LogP) is 0.973. The summed E-state index contributed by atoms with van der Waals surface area (Å²) in [7, 11) is 1.84. The molecule has 1 heterocycles. The summed E-state index contributed by atoms with van der Waals surface area (Å²) in [5.41, 5.74) is 0.750. The first-order valence-electron chi connectivity index (χ1n) is 3.06. The van der Waals surface area contributed by atoms with E-state index in [0.717, 1.165) is 5.69 Å². The van der Waals surface area contributed by atoms with Gasteiger partial charge in [0.15, 0.2) is 6.20 Å². The van der Waals surface area contributed by atoms with Gasteiger partial charge in [0.1, 0.15) is 13.3 Å². The first kappa shape index (κ1) is 8.01. The molecule has 0 saturated heterocycles. The summed E-state index contributed by atoms with van der Waals surface area (Å²) in [5.74, 6) is 0. The molecule has 0 aliphatic heterocycles. The second-order valence-electron chi connectivity index (χ2n) is 2.13. The highest BCUT2D eigenvalue weighted by atomic mass is 35.5. The summed E-state index contributed by atoms with van der Waals surface area (Å²) in [4.78, 5) is 0. The van der Waals surface area contributed by atoms with E-state index in [1.807, 2.05) is 7.05 Å². The molecule has 3 nitrogen and oxygen atoms in total. The van der Waals surface area contributed by atoms with Crippen molar-refractivity contribution in [1.29, 1.82) is 0 Å². The number of pyridine rings is 1. The van der Waals surface area contributed by atoms with Crippen molar-refractivity contribution in [2.75, 3.05) is 0 Å². The third kappa shape index (κ3) is 1.91. The summed E-state index contributed by atoms with van der Waals surface area (Å²) in [6, 6.07) is 3.47. The van der Waals surface area contributed by atoms with Gasteiger partial charge in [0.2, 0.25) is 5.69 Å². The number of nitrogens with zero attached hydrogens (tertiary/aromatic N) is 2. The predicted molar refractivity (Wildman–Crippen MR) is 42.0 cm³/mol. The summed E-state index contributed by atoms with van der Waals surface area (Å²) in [5, 5.41) is 11.8. The number of halogens is 1. The lowest BCUT2D eigenvalue weighted by Gasteiger charge is -1.91. The first-order valence-corrected chi connectivity index (χ1v) is 3.44. The van der Waals surface area contributed by atoms with Crippen LogP contribution in [0.5, 0.6) is 0 Å². The van der Waals surface area contributed by atoms with Gasteiger partial charge in [-0.05, 0) is 0 Å². The second-order valence-corrected chi connectivity index (χ2v) is 2.56. The summed E-state index contributed by atoms with van der Waals surface area (Å²) >= 11 is 5.70. The van der Waals surface area contributed by atoms with Crippen LogP contribution < -0.4 is 4.57 Å². The van der Waals surface area contributed by atoms with Crippen LogP contribution in [0.1, 0.15) is 5.69 Å². The van der Waals surface area contributed by atoms with Crippen LogP contribution in [0.4, 0.5) is 0 Å². The van der Waals surface area contributed by atoms with Gasteiger partial charge in [-0.2, -0.15) is 0 Å². The van der Waals surface area contributed by atoms with Gasteiger partial charge in [-0.15, -0.1) is 0 Å². The molecule has 0 aliphatic carbocycles. The maximum Gasteiger partial charge on any atom is 0.228 e. The van der Waals surface area contributed by atoms with Gasteiger partial charge in [0.05, 0.1) is 5.02 Å². The highest BCUT2D eigenvalue weighted by Gasteiger charge is 2.02. The van der Waals surface area contributed by atoms with Crippen molar-refractivity contribution in [1.82, 2.24) is 0 Å². The third-order valence-corrected chi connectivity index (χ3v) is 1.58. The lowest BCUT2D eigenvalue weighted by atomic mass is 10.3. The minimum Gasteiger partial charge on any atom is -0.411 e. The molecule has 1 aromatic rings. The SMILES string of the molecule is C[n+]1ccc(Cl)cc1/C=N/O. The lowest BCUT2D eigenvalue weighted by Crippen LogP contribution is -2.32. The molecule has 1 rings (SSSR count). The molecule has 58 valence electrons. The number of aromatic nitrogens is 1. The lowest BCUT2D eigenvalue weighted by molar-refractivity contribution is -0.672. The van der Waals surface area contributed by atoms with Gasteiger partial charge in [-0.1, -0.05) is 16.8 Å². The monoisotopic (exact) mass is 171 g/mol. The van der Waals surface area contributed by atoms with Crippen LogP contribution >= 0.6 is 11.6 Å². The summed E-state index contributed by atoms with van der Waals surface area (Å²) < 4.78 is 1.80. The van der Waals surface area contributed by atoms with Crippen molar-refractivity contribution >= 4 is 17.8 Å². The van der Waals surface area contributed by atoms with Gasteiger partial charge in [-0.25, -0.2) is 4.57 Å². The van der Waals surface area contributed by atoms with Gasteiger partial charge in [0.25, 0.3) is 0 Å². The third-order valence-electron chi connectivity index (χ3n) is 1.34. The zero-order chi connectivity index (χ0) is 8.27. The topological polar surface area (TPSA) is 36.5 Å². The standard InChI is InChI=1S/C7H7ClN2O/c1-10-3-2-6(8)4-7(10)5-9-11/h2-5H,1H3/p+1. The van der Waals surface area contributed by atoms with Gasteiger partial charge in [0, 0.05) is 12.1 Å². The van der Waals surface area contributed by atoms with Crippen LogP contribution in [-0.4, -0.2) is 11.4 Å². The summed E-state index contributed by atoms with van der Waals surface area (Å²) in [6.45, 7) is 0. The van der Waals surface area contributed by atoms with Crippen LogP contribution in [0.25, 0.3) is 0 Å². The van der Waals surface area contributed by atoms with E-state index in [-0.39, 0.29) is 0 Å². The van der Waals surface area contributed by atoms with E-state index in [0.29, 0.717) is 5.02 Å². The highest BCUT2D eigenvalue weighted by Crippen LogP contribution is 2.04. The van der Waals surface area contributed by atoms with Crippen molar-refractivity contribution in [3.8, 4) is 0 Å². The molecular weight excluding hydrogens is 164 g/mol. The largest absolute Gasteiger partial charge is 0.411 e. The van der Waals surface area contributed by atoms with Crippen LogP contribution in [0.15, 0.2) is 23.5 Å². The van der Waals surface area contributed by atoms with Crippen LogP contribution in [0, 0.1) is 0 Å². The molecule has 0 spiro atoms. The van der Waals surface area contributed by atoms with E-state index in [9.17, 15) is 0 Å². The average molecular weight is 172 g/mol. The van der Waals surface area contributed by atoms with Crippen molar-refractivity contribution < 1.29 is 9.77 Å². The van der Waals surface area contributed by atoms with Gasteiger partial charge < -0.3 is 5.21 Å². The maximum atomic E-state index is 8.25. The molecule has 1 N–H and O–H groups in total. The average Bonchev–Trinajstić information content (AvgIpc) is 1.98. The molecule has 4 heteroatoms. The number of oxime groups is 1. The van der Waals surface area contributed by atoms with Crippen LogP contribution in [-0.2, 0) is 7.05 Å². The summed E-state index contributed by atoms with van der Waals surface area (Å²) in [6.07, 6.45) is 3.12. The Hall–Kier alpha value is -1.09. The van der Waals surface area contributed by atoms with Gasteiger partial charge in [-0.3, -0.25) is 0 Å². The van der Waals surface area contributed by atoms with Crippen LogP contribution in [0.3, 0.4) is 0 Å². The molecule has 0 aliphatic rings. The molecule has 0 unspecified atom stereocenters. The van der Waals surface area contributed by atoms with E-state index in [2.05, 4.69) is 5.16 Å². The Bertz CT molecular complexity index is 286. The van der Waals surface area contributed by atoms with Crippen molar-refractivity contribution in [2.24, 2.45) is 12.2 Å². The fraction of sp³-hybridized carbons (Fsp3) is 0.143. The van der Waals surface area contributed by atoms with E-state index in [1.54, 1.807) is 22.9 Å². The molecule has 1 aromatic heterocycles. The number of rotatable bonds is 1. The second kappa shape index (κ2) is 3.34. The first-order chi connectivity index (χ1) is 5.24. The van der Waals surface area contributed by atoms with Crippen molar-refractivity contribution in [3.63, 3.8) is 0 Å². The van der Waals surface area contributed by atoms with E-state index in [4.69, 9.17) is 16.8 Å². The molecule has 0 saturated carbocycles. The Kier molecular flexibility index (Phi) is 2.44. The Labute approximate surface area is 69.5 Å². The number of aryl methyl sites for hydroxylation is 1. The van der Waals surface area contributed by atoms with E-state index < -0.39 is 0 Å². The smallest absolute Gasteiger partial charge is 0.228 e. The fourth-order valence-electron chi connectivity index (χ4n) is 0.748. The molecule has 0 atom stereocenters. The quantitative estimate of drug-likeness (QED) is 0.291. The van der Waals surface area contributed by atoms with Crippen molar-refractivity contribution in [2.45, 2.75) is 0 Å². The highest BCUT2D eigenvalue weighted by molar-refractivity contribution is 6.30. The van der Waals surface area contributed by atoms with Crippen LogP contribution in [0.2, 0.25) is 5.02 Å². The molecule has 0 aromatic carbocycles. The fourth-order valence-corrected chi connectivity index (χ4v) is 0.916. The Morgan fingerprint density at radius 1 is 1.73 bits per heavy atom. The maximum absolute atomic E-state index is 8.25. The normalized spacial score (nSPS) is 10.7. The Morgan fingerprint density at radius 3 is 3.09 bits per heavy atom. The molecule has 0 bridgehead atoms. The molecular formula is C7H8ClN2O+. The van der Waals surface area contributed by atoms with Crippen molar-refractivity contribution in [3.05, 3.63) is 29.0 Å². The van der Waals surface area contributed by atoms with E-state index in [1.165, 1.54) is 6.21 Å². The zero-order valence-corrected chi connectivity index (χ0v) is 6.78.